The van der Waals surface area contributed by atoms with Gasteiger partial charge in [0.15, 0.2) is 11.6 Å². The van der Waals surface area contributed by atoms with Crippen molar-refractivity contribution in [2.45, 2.75) is 31.7 Å². The maximum atomic E-state index is 13.6. The van der Waals surface area contributed by atoms with Gasteiger partial charge in [0.2, 0.25) is 0 Å². The van der Waals surface area contributed by atoms with Gasteiger partial charge in [-0.15, -0.1) is 0 Å². The molecule has 6 heteroatoms. The van der Waals surface area contributed by atoms with Gasteiger partial charge in [-0.1, -0.05) is 30.3 Å². The molecule has 2 N–H and O–H groups in total. The molecule has 1 atom stereocenters. The second-order valence-electron chi connectivity index (χ2n) is 7.64. The first-order valence-electron chi connectivity index (χ1n) is 10.1. The minimum Gasteiger partial charge on any atom is -0.488 e. The number of urea groups is 1. The van der Waals surface area contributed by atoms with E-state index in [2.05, 4.69) is 34.7 Å². The number of halogens is 1. The van der Waals surface area contributed by atoms with Gasteiger partial charge in [-0.2, -0.15) is 0 Å². The molecule has 152 valence electrons. The van der Waals surface area contributed by atoms with Gasteiger partial charge in [0.25, 0.3) is 0 Å². The number of ether oxygens (including phenoxy) is 1. The van der Waals surface area contributed by atoms with E-state index in [1.807, 2.05) is 17.9 Å². The summed E-state index contributed by atoms with van der Waals surface area (Å²) < 4.78 is 19.1. The van der Waals surface area contributed by atoms with Gasteiger partial charge in [0, 0.05) is 30.2 Å². The van der Waals surface area contributed by atoms with Crippen molar-refractivity contribution in [3.8, 4) is 5.75 Å². The van der Waals surface area contributed by atoms with Crippen LogP contribution in [0.4, 0.5) is 9.18 Å². The van der Waals surface area contributed by atoms with Gasteiger partial charge in [-0.05, 0) is 49.4 Å². The van der Waals surface area contributed by atoms with E-state index in [0.717, 1.165) is 31.4 Å². The Hall–Kier alpha value is -3.02. The van der Waals surface area contributed by atoms with Crippen LogP contribution in [0, 0.1) is 5.82 Å². The SMILES string of the molecule is CC(COc1ccccc1F)NC(=O)N1CCC(c2c[nH]c3ccccc23)CC1. The van der Waals surface area contributed by atoms with Crippen LogP contribution in [0.2, 0.25) is 0 Å². The number of hydrogen-bond acceptors (Lipinski definition) is 2. The average molecular weight is 395 g/mol. The van der Waals surface area contributed by atoms with Crippen molar-refractivity contribution in [2.75, 3.05) is 19.7 Å². The lowest BCUT2D eigenvalue weighted by molar-refractivity contribution is 0.172. The van der Waals surface area contributed by atoms with Crippen molar-refractivity contribution in [1.29, 1.82) is 0 Å². The Bertz CT molecular complexity index is 979. The molecule has 1 fully saturated rings. The van der Waals surface area contributed by atoms with E-state index in [0.29, 0.717) is 5.92 Å². The summed E-state index contributed by atoms with van der Waals surface area (Å²) in [5.41, 5.74) is 2.50. The van der Waals surface area contributed by atoms with E-state index in [9.17, 15) is 9.18 Å². The predicted molar refractivity (Wildman–Crippen MR) is 112 cm³/mol. The summed E-state index contributed by atoms with van der Waals surface area (Å²) in [7, 11) is 0. The Morgan fingerprint density at radius 2 is 1.93 bits per heavy atom. The van der Waals surface area contributed by atoms with Crippen molar-refractivity contribution < 1.29 is 13.9 Å². The number of aromatic nitrogens is 1. The van der Waals surface area contributed by atoms with Gasteiger partial charge in [-0.3, -0.25) is 0 Å². The number of amides is 2. The van der Waals surface area contributed by atoms with Crippen molar-refractivity contribution in [3.05, 3.63) is 66.1 Å². The van der Waals surface area contributed by atoms with Crippen LogP contribution in [0.5, 0.6) is 5.75 Å². The van der Waals surface area contributed by atoms with Crippen LogP contribution in [0.1, 0.15) is 31.2 Å². The lowest BCUT2D eigenvalue weighted by atomic mass is 9.89. The van der Waals surface area contributed by atoms with Crippen LogP contribution in [-0.4, -0.2) is 41.7 Å². The summed E-state index contributed by atoms with van der Waals surface area (Å²) in [4.78, 5) is 17.8. The minimum absolute atomic E-state index is 0.0907. The summed E-state index contributed by atoms with van der Waals surface area (Å²) in [5, 5.41) is 4.22. The number of para-hydroxylation sites is 2. The third-order valence-corrected chi connectivity index (χ3v) is 5.54. The highest BCUT2D eigenvalue weighted by Crippen LogP contribution is 2.33. The second-order valence-corrected chi connectivity index (χ2v) is 7.64. The number of nitrogens with one attached hydrogen (secondary N) is 2. The van der Waals surface area contributed by atoms with Crippen LogP contribution in [0.25, 0.3) is 10.9 Å². The molecular formula is C23H26FN3O2. The summed E-state index contributed by atoms with van der Waals surface area (Å²) in [6.07, 6.45) is 3.98. The zero-order valence-corrected chi connectivity index (χ0v) is 16.5. The lowest BCUT2D eigenvalue weighted by Crippen LogP contribution is -2.48. The topological polar surface area (TPSA) is 57.4 Å². The van der Waals surface area contributed by atoms with Gasteiger partial charge in [0.1, 0.15) is 6.61 Å². The number of carbonyl (C=O) groups is 1. The first-order valence-corrected chi connectivity index (χ1v) is 10.1. The molecule has 1 saturated heterocycles. The molecule has 5 nitrogen and oxygen atoms in total. The molecule has 0 aliphatic carbocycles. The monoisotopic (exact) mass is 395 g/mol. The fourth-order valence-electron chi connectivity index (χ4n) is 3.95. The molecular weight excluding hydrogens is 369 g/mol. The molecule has 2 amide bonds. The molecule has 2 aromatic carbocycles. The highest BCUT2D eigenvalue weighted by molar-refractivity contribution is 5.83. The predicted octanol–water partition coefficient (Wildman–Crippen LogP) is 4.66. The normalized spacial score (nSPS) is 16.0. The zero-order chi connectivity index (χ0) is 20.2. The van der Waals surface area contributed by atoms with E-state index in [1.54, 1.807) is 18.2 Å². The first-order chi connectivity index (χ1) is 14.1. The Morgan fingerprint density at radius 1 is 1.21 bits per heavy atom. The number of likely N-dealkylation sites (tertiary alicyclic amines) is 1. The highest BCUT2D eigenvalue weighted by Gasteiger charge is 2.26. The molecule has 1 aliphatic rings. The Labute approximate surface area is 169 Å². The second kappa shape index (κ2) is 8.55. The molecule has 29 heavy (non-hydrogen) atoms. The third-order valence-electron chi connectivity index (χ3n) is 5.54. The number of carbonyl (C=O) groups excluding carboxylic acids is 1. The standard InChI is InChI=1S/C23H26FN3O2/c1-16(15-29-22-9-5-3-7-20(22)24)26-23(28)27-12-10-17(11-13-27)19-14-25-21-8-4-2-6-18(19)21/h2-9,14,16-17,25H,10-13,15H2,1H3,(H,26,28). The molecule has 0 radical (unpaired) electrons. The summed E-state index contributed by atoms with van der Waals surface area (Å²) in [5.74, 6) is 0.260. The number of aromatic amines is 1. The number of piperidine rings is 1. The Balaban J connectivity index is 1.27. The van der Waals surface area contributed by atoms with Crippen LogP contribution < -0.4 is 10.1 Å². The smallest absolute Gasteiger partial charge is 0.317 e. The van der Waals surface area contributed by atoms with E-state index < -0.39 is 5.82 Å². The van der Waals surface area contributed by atoms with Crippen LogP contribution in [-0.2, 0) is 0 Å². The molecule has 0 bridgehead atoms. The average Bonchev–Trinajstić information content (AvgIpc) is 3.17. The summed E-state index contributed by atoms with van der Waals surface area (Å²) in [6, 6.07) is 14.3. The van der Waals surface area contributed by atoms with E-state index >= 15 is 0 Å². The maximum absolute atomic E-state index is 13.6. The number of benzene rings is 2. The number of nitrogens with zero attached hydrogens (tertiary/aromatic N) is 1. The molecule has 0 spiro atoms. The quantitative estimate of drug-likeness (QED) is 0.660. The Kier molecular flexibility index (Phi) is 5.69. The van der Waals surface area contributed by atoms with E-state index in [1.165, 1.54) is 17.0 Å². The molecule has 0 saturated carbocycles. The van der Waals surface area contributed by atoms with Gasteiger partial charge < -0.3 is 19.9 Å². The van der Waals surface area contributed by atoms with E-state index in [-0.39, 0.29) is 24.4 Å². The summed E-state index contributed by atoms with van der Waals surface area (Å²) in [6.45, 7) is 3.52. The highest BCUT2D eigenvalue weighted by atomic mass is 19.1. The third kappa shape index (κ3) is 4.36. The van der Waals surface area contributed by atoms with Crippen molar-refractivity contribution in [2.24, 2.45) is 0 Å². The van der Waals surface area contributed by atoms with Crippen molar-refractivity contribution >= 4 is 16.9 Å². The number of fused-ring (bicyclic) bond motifs is 1. The van der Waals surface area contributed by atoms with Crippen LogP contribution in [0.3, 0.4) is 0 Å². The summed E-state index contributed by atoms with van der Waals surface area (Å²) >= 11 is 0. The van der Waals surface area contributed by atoms with Gasteiger partial charge in [-0.25, -0.2) is 9.18 Å². The molecule has 1 aliphatic heterocycles. The number of hydrogen-bond donors (Lipinski definition) is 2. The molecule has 4 rings (SSSR count). The first kappa shape index (κ1) is 19.3. The number of rotatable bonds is 5. The molecule has 3 aromatic rings. The zero-order valence-electron chi connectivity index (χ0n) is 16.5. The van der Waals surface area contributed by atoms with Crippen LogP contribution >= 0.6 is 0 Å². The van der Waals surface area contributed by atoms with Gasteiger partial charge in [0.05, 0.1) is 6.04 Å². The van der Waals surface area contributed by atoms with Crippen LogP contribution in [0.15, 0.2) is 54.7 Å². The van der Waals surface area contributed by atoms with E-state index in [4.69, 9.17) is 4.74 Å². The van der Waals surface area contributed by atoms with Gasteiger partial charge >= 0.3 is 6.03 Å². The molecule has 2 heterocycles. The van der Waals surface area contributed by atoms with Crippen molar-refractivity contribution in [3.63, 3.8) is 0 Å². The lowest BCUT2D eigenvalue weighted by Gasteiger charge is -2.32. The van der Waals surface area contributed by atoms with Crippen molar-refractivity contribution in [1.82, 2.24) is 15.2 Å². The fourth-order valence-corrected chi connectivity index (χ4v) is 3.95. The largest absolute Gasteiger partial charge is 0.488 e. The number of H-pyrrole nitrogens is 1. The maximum Gasteiger partial charge on any atom is 0.317 e. The molecule has 1 aromatic heterocycles. The fraction of sp³-hybridized carbons (Fsp3) is 0.348. The Morgan fingerprint density at radius 3 is 2.72 bits per heavy atom. The molecule has 1 unspecified atom stereocenters. The minimum atomic E-state index is -0.398.